The van der Waals surface area contributed by atoms with Crippen molar-refractivity contribution >= 4 is 26.7 Å². The topological polar surface area (TPSA) is 12.9 Å². The smallest absolute Gasteiger partial charge is 0.0702 e. The van der Waals surface area contributed by atoms with E-state index in [1.54, 1.807) is 0 Å². The number of hydrogen-bond acceptors (Lipinski definition) is 1. The third kappa shape index (κ3) is 1.96. The lowest BCUT2D eigenvalue weighted by atomic mass is 10.0. The fraction of sp³-hybridized carbons (Fsp3) is 0. The van der Waals surface area contributed by atoms with Crippen molar-refractivity contribution in [2.75, 3.05) is 0 Å². The highest BCUT2D eigenvalue weighted by atomic mass is 79.9. The van der Waals surface area contributed by atoms with Gasteiger partial charge in [0.15, 0.2) is 0 Å². The van der Waals surface area contributed by atoms with Crippen molar-refractivity contribution in [2.24, 2.45) is 0 Å². The van der Waals surface area contributed by atoms with Gasteiger partial charge in [-0.2, -0.15) is 0 Å². The predicted octanol–water partition coefficient (Wildman–Crippen LogP) is 4.66. The molecule has 2 heteroatoms. The number of nitrogens with zero attached hydrogens (tertiary/aromatic N) is 1. The highest BCUT2D eigenvalue weighted by Crippen LogP contribution is 2.27. The van der Waals surface area contributed by atoms with E-state index in [1.165, 1.54) is 10.8 Å². The summed E-state index contributed by atoms with van der Waals surface area (Å²) in [6, 6.07) is 18.6. The SMILES string of the molecule is Brc1cccc2cc(-c3ccccn3)ccc12. The minimum absolute atomic E-state index is 1.01. The highest BCUT2D eigenvalue weighted by Gasteiger charge is 2.02. The van der Waals surface area contributed by atoms with Crippen LogP contribution in [0.3, 0.4) is 0 Å². The number of pyridine rings is 1. The average Bonchev–Trinajstić information content (AvgIpc) is 2.40. The monoisotopic (exact) mass is 283 g/mol. The molecule has 0 saturated heterocycles. The minimum Gasteiger partial charge on any atom is -0.256 e. The van der Waals surface area contributed by atoms with Crippen LogP contribution in [0.2, 0.25) is 0 Å². The second-order valence-corrected chi connectivity index (χ2v) is 4.75. The van der Waals surface area contributed by atoms with E-state index in [1.807, 2.05) is 24.4 Å². The van der Waals surface area contributed by atoms with E-state index >= 15 is 0 Å². The van der Waals surface area contributed by atoms with Gasteiger partial charge in [0.1, 0.15) is 0 Å². The van der Waals surface area contributed by atoms with Gasteiger partial charge in [0.25, 0.3) is 0 Å². The molecule has 0 aliphatic heterocycles. The molecule has 0 unspecified atom stereocenters. The second kappa shape index (κ2) is 4.30. The Labute approximate surface area is 108 Å². The Morgan fingerprint density at radius 1 is 0.882 bits per heavy atom. The Bertz CT molecular complexity index is 662. The molecular formula is C15H10BrN. The zero-order valence-corrected chi connectivity index (χ0v) is 10.7. The summed E-state index contributed by atoms with van der Waals surface area (Å²) in [5.41, 5.74) is 2.16. The Kier molecular flexibility index (Phi) is 2.65. The fourth-order valence-electron chi connectivity index (χ4n) is 1.94. The minimum atomic E-state index is 1.01. The molecular weight excluding hydrogens is 274 g/mol. The van der Waals surface area contributed by atoms with Gasteiger partial charge in [0.2, 0.25) is 0 Å². The molecule has 0 atom stereocenters. The molecule has 0 aliphatic carbocycles. The predicted molar refractivity (Wildman–Crippen MR) is 74.9 cm³/mol. The molecule has 0 fully saturated rings. The van der Waals surface area contributed by atoms with Gasteiger partial charge in [0.05, 0.1) is 5.69 Å². The van der Waals surface area contributed by atoms with Crippen LogP contribution >= 0.6 is 15.9 Å². The maximum atomic E-state index is 4.37. The van der Waals surface area contributed by atoms with Crippen LogP contribution in [0.1, 0.15) is 0 Å². The third-order valence-corrected chi connectivity index (χ3v) is 3.48. The van der Waals surface area contributed by atoms with E-state index in [0.717, 1.165) is 15.7 Å². The highest BCUT2D eigenvalue weighted by molar-refractivity contribution is 9.10. The lowest BCUT2D eigenvalue weighted by Crippen LogP contribution is -1.82. The van der Waals surface area contributed by atoms with Crippen LogP contribution in [0.4, 0.5) is 0 Å². The zero-order valence-electron chi connectivity index (χ0n) is 9.10. The fourth-order valence-corrected chi connectivity index (χ4v) is 2.45. The van der Waals surface area contributed by atoms with Crippen LogP contribution in [0.25, 0.3) is 22.0 Å². The lowest BCUT2D eigenvalue weighted by molar-refractivity contribution is 1.33. The average molecular weight is 284 g/mol. The van der Waals surface area contributed by atoms with Crippen molar-refractivity contribution in [2.45, 2.75) is 0 Å². The van der Waals surface area contributed by atoms with E-state index < -0.39 is 0 Å². The molecule has 1 nitrogen and oxygen atoms in total. The largest absolute Gasteiger partial charge is 0.256 e. The molecule has 3 aromatic rings. The molecule has 0 saturated carbocycles. The number of benzene rings is 2. The summed E-state index contributed by atoms with van der Waals surface area (Å²) in [5, 5.41) is 2.45. The van der Waals surface area contributed by atoms with Crippen LogP contribution in [0, 0.1) is 0 Å². The molecule has 0 spiro atoms. The first-order valence-corrected chi connectivity index (χ1v) is 6.23. The number of aromatic nitrogens is 1. The maximum absolute atomic E-state index is 4.37. The van der Waals surface area contributed by atoms with Crippen molar-refractivity contribution in [1.29, 1.82) is 0 Å². The Morgan fingerprint density at radius 3 is 2.65 bits per heavy atom. The number of halogens is 1. The molecule has 0 amide bonds. The van der Waals surface area contributed by atoms with Crippen molar-refractivity contribution in [3.05, 3.63) is 65.3 Å². The van der Waals surface area contributed by atoms with Gasteiger partial charge < -0.3 is 0 Å². The Morgan fingerprint density at radius 2 is 1.82 bits per heavy atom. The Balaban J connectivity index is 2.21. The molecule has 0 N–H and O–H groups in total. The third-order valence-electron chi connectivity index (χ3n) is 2.79. The molecule has 1 heterocycles. The van der Waals surface area contributed by atoms with Crippen LogP contribution in [-0.2, 0) is 0 Å². The van der Waals surface area contributed by atoms with E-state index in [0.29, 0.717) is 0 Å². The van der Waals surface area contributed by atoms with E-state index in [9.17, 15) is 0 Å². The molecule has 3 rings (SSSR count). The molecule has 0 radical (unpaired) electrons. The summed E-state index contributed by atoms with van der Waals surface area (Å²) in [6.45, 7) is 0. The summed E-state index contributed by atoms with van der Waals surface area (Å²) in [5.74, 6) is 0. The van der Waals surface area contributed by atoms with Gasteiger partial charge in [-0.05, 0) is 35.0 Å². The number of rotatable bonds is 1. The summed E-state index contributed by atoms with van der Waals surface area (Å²) >= 11 is 3.56. The number of fused-ring (bicyclic) bond motifs is 1. The van der Waals surface area contributed by atoms with Crippen molar-refractivity contribution in [1.82, 2.24) is 4.98 Å². The van der Waals surface area contributed by atoms with Gasteiger partial charge >= 0.3 is 0 Å². The zero-order chi connectivity index (χ0) is 11.7. The normalized spacial score (nSPS) is 10.6. The van der Waals surface area contributed by atoms with Crippen molar-refractivity contribution in [3.63, 3.8) is 0 Å². The second-order valence-electron chi connectivity index (χ2n) is 3.89. The van der Waals surface area contributed by atoms with Crippen LogP contribution < -0.4 is 0 Å². The first-order valence-electron chi connectivity index (χ1n) is 5.44. The van der Waals surface area contributed by atoms with Crippen LogP contribution in [-0.4, -0.2) is 4.98 Å². The van der Waals surface area contributed by atoms with Gasteiger partial charge in [-0.25, -0.2) is 0 Å². The molecule has 17 heavy (non-hydrogen) atoms. The van der Waals surface area contributed by atoms with Crippen LogP contribution in [0.15, 0.2) is 65.3 Å². The summed E-state index contributed by atoms with van der Waals surface area (Å²) in [6.07, 6.45) is 1.82. The number of hydrogen-bond donors (Lipinski definition) is 0. The lowest BCUT2D eigenvalue weighted by Gasteiger charge is -2.04. The summed E-state index contributed by atoms with van der Waals surface area (Å²) in [7, 11) is 0. The quantitative estimate of drug-likeness (QED) is 0.633. The first-order chi connectivity index (χ1) is 8.34. The van der Waals surface area contributed by atoms with Crippen molar-refractivity contribution < 1.29 is 0 Å². The first kappa shape index (κ1) is 10.5. The standard InChI is InChI=1S/C15H10BrN/c16-14-5-3-4-11-10-12(7-8-13(11)14)15-6-1-2-9-17-15/h1-10H. The van der Waals surface area contributed by atoms with Gasteiger partial charge in [-0.3, -0.25) is 4.98 Å². The van der Waals surface area contributed by atoms with Gasteiger partial charge in [0, 0.05) is 16.2 Å². The molecule has 2 aromatic carbocycles. The van der Waals surface area contributed by atoms with Gasteiger partial charge in [-0.15, -0.1) is 0 Å². The Hall–Kier alpha value is -1.67. The van der Waals surface area contributed by atoms with E-state index in [2.05, 4.69) is 57.3 Å². The maximum Gasteiger partial charge on any atom is 0.0702 e. The van der Waals surface area contributed by atoms with Gasteiger partial charge in [-0.1, -0.05) is 46.3 Å². The van der Waals surface area contributed by atoms with Crippen molar-refractivity contribution in [3.8, 4) is 11.3 Å². The summed E-state index contributed by atoms with van der Waals surface area (Å²) in [4.78, 5) is 4.37. The van der Waals surface area contributed by atoms with E-state index in [4.69, 9.17) is 0 Å². The molecule has 1 aromatic heterocycles. The molecule has 0 bridgehead atoms. The summed E-state index contributed by atoms with van der Waals surface area (Å²) < 4.78 is 1.13. The molecule has 82 valence electrons. The van der Waals surface area contributed by atoms with Crippen LogP contribution in [0.5, 0.6) is 0 Å². The molecule has 0 aliphatic rings. The van der Waals surface area contributed by atoms with E-state index in [-0.39, 0.29) is 0 Å².